The van der Waals surface area contributed by atoms with Crippen molar-refractivity contribution >= 4 is 57.7 Å². The van der Waals surface area contributed by atoms with Crippen molar-refractivity contribution < 1.29 is 14.4 Å². The van der Waals surface area contributed by atoms with Crippen LogP contribution in [0, 0.1) is 12.8 Å². The predicted octanol–water partition coefficient (Wildman–Crippen LogP) is 5.57. The maximum atomic E-state index is 13.9. The van der Waals surface area contributed by atoms with Gasteiger partial charge in [-0.15, -0.1) is 0 Å². The zero-order valence-electron chi connectivity index (χ0n) is 19.4. The number of rotatable bonds is 4. The highest BCUT2D eigenvalue weighted by atomic mass is 35.5. The van der Waals surface area contributed by atoms with Crippen LogP contribution in [-0.4, -0.2) is 22.5 Å². The Labute approximate surface area is 226 Å². The van der Waals surface area contributed by atoms with Gasteiger partial charge in [-0.05, 0) is 48.9 Å². The summed E-state index contributed by atoms with van der Waals surface area (Å²) in [6.45, 7) is 1.75. The first-order valence-corrected chi connectivity index (χ1v) is 13.1. The number of fused-ring (bicyclic) bond motifs is 1. The number of halogens is 2. The molecule has 3 aromatic carbocycles. The number of carbonyl (C=O) groups is 2. The highest BCUT2D eigenvalue weighted by molar-refractivity contribution is 7.10. The number of para-hydroxylation sites is 2. The van der Waals surface area contributed by atoms with Crippen molar-refractivity contribution in [1.29, 1.82) is 0 Å². The Bertz CT molecular complexity index is 1590. The Hall–Kier alpha value is -3.43. The van der Waals surface area contributed by atoms with E-state index in [-0.39, 0.29) is 10.0 Å². The molecule has 2 aliphatic rings. The van der Waals surface area contributed by atoms with E-state index in [0.29, 0.717) is 32.5 Å². The number of carbonyl (C=O) groups excluding carboxylic acids is 2. The van der Waals surface area contributed by atoms with Crippen LogP contribution in [0.15, 0.2) is 83.7 Å². The summed E-state index contributed by atoms with van der Waals surface area (Å²) in [7, 11) is 0. The molecule has 6 rings (SSSR count). The zero-order valence-corrected chi connectivity index (χ0v) is 21.7. The fourth-order valence-electron chi connectivity index (χ4n) is 4.91. The molecule has 4 aromatic rings. The van der Waals surface area contributed by atoms with Crippen LogP contribution in [0.4, 0.5) is 11.4 Å². The van der Waals surface area contributed by atoms with Gasteiger partial charge in [-0.3, -0.25) is 23.8 Å². The number of aromatic nitrogens is 1. The Morgan fingerprint density at radius 2 is 1.46 bits per heavy atom. The molecule has 1 aromatic heterocycles. The Morgan fingerprint density at radius 3 is 2.14 bits per heavy atom. The van der Waals surface area contributed by atoms with Crippen molar-refractivity contribution in [2.75, 3.05) is 9.96 Å². The third-order valence-corrected chi connectivity index (χ3v) is 8.57. The number of imide groups is 1. The van der Waals surface area contributed by atoms with Crippen molar-refractivity contribution in [3.05, 3.63) is 109 Å². The van der Waals surface area contributed by atoms with Crippen molar-refractivity contribution in [1.82, 2.24) is 4.57 Å². The minimum Gasteiger partial charge on any atom is -0.273 e. The number of anilines is 2. The molecular formula is C27H19Cl2N3O4S. The number of thiazole rings is 1. The Balaban J connectivity index is 1.50. The topological polar surface area (TPSA) is 71.8 Å². The molecule has 3 atom stereocenters. The number of benzene rings is 3. The fourth-order valence-corrected chi connectivity index (χ4v) is 6.54. The average Bonchev–Trinajstić information content (AvgIpc) is 3.51. The summed E-state index contributed by atoms with van der Waals surface area (Å²) in [5.74, 6) is -1.85. The van der Waals surface area contributed by atoms with Crippen molar-refractivity contribution in [3.8, 4) is 5.69 Å². The van der Waals surface area contributed by atoms with E-state index in [0.717, 1.165) is 16.2 Å². The molecule has 0 radical (unpaired) electrons. The quantitative estimate of drug-likeness (QED) is 0.310. The van der Waals surface area contributed by atoms with Crippen molar-refractivity contribution in [2.24, 2.45) is 5.92 Å². The van der Waals surface area contributed by atoms with Gasteiger partial charge in [0.25, 0.3) is 5.91 Å². The normalized spacial score (nSPS) is 21.1. The fraction of sp³-hybridized carbons (Fsp3) is 0.148. The summed E-state index contributed by atoms with van der Waals surface area (Å²) in [5.41, 5.74) is 2.26. The van der Waals surface area contributed by atoms with E-state index < -0.39 is 29.9 Å². The molecule has 37 heavy (non-hydrogen) atoms. The molecule has 2 fully saturated rings. The molecule has 0 saturated carbocycles. The van der Waals surface area contributed by atoms with Gasteiger partial charge in [0.05, 0.1) is 21.9 Å². The first-order valence-electron chi connectivity index (χ1n) is 11.5. The standard InChI is InChI=1S/C27H19Cl2N3O4S/c1-15-18(28)13-8-14-19(15)31-25(33)20-21(32(36-22(20)26(31)34)17-11-6-3-7-12-17)23-24(29)30(27(35)37-23)16-9-4-2-5-10-16/h2-14,20-22H,1H3/t20-,21+,22-/m0/s1. The molecular weight excluding hydrogens is 533 g/mol. The van der Waals surface area contributed by atoms with Crippen LogP contribution in [-0.2, 0) is 14.4 Å². The van der Waals surface area contributed by atoms with Gasteiger partial charge in [0.1, 0.15) is 17.1 Å². The van der Waals surface area contributed by atoms with Gasteiger partial charge in [-0.2, -0.15) is 0 Å². The number of hydrogen-bond donors (Lipinski definition) is 0. The lowest BCUT2D eigenvalue weighted by Crippen LogP contribution is -2.37. The van der Waals surface area contributed by atoms with Crippen LogP contribution in [0.5, 0.6) is 0 Å². The van der Waals surface area contributed by atoms with Crippen LogP contribution in [0.3, 0.4) is 0 Å². The van der Waals surface area contributed by atoms with E-state index >= 15 is 0 Å². The average molecular weight is 552 g/mol. The van der Waals surface area contributed by atoms with Gasteiger partial charge < -0.3 is 0 Å². The predicted molar refractivity (Wildman–Crippen MR) is 144 cm³/mol. The van der Waals surface area contributed by atoms with Crippen LogP contribution < -0.4 is 14.8 Å². The van der Waals surface area contributed by atoms with Crippen LogP contribution in [0.25, 0.3) is 5.69 Å². The third-order valence-electron chi connectivity index (χ3n) is 6.67. The monoisotopic (exact) mass is 551 g/mol. The number of hydroxylamine groups is 1. The SMILES string of the molecule is Cc1c(Cl)cccc1N1C(=O)[C@@H]2[C@H](ON(c3ccccc3)[C@H]2c2sc(=O)n(-c3ccccc3)c2Cl)C1=O. The van der Waals surface area contributed by atoms with Crippen molar-refractivity contribution in [2.45, 2.75) is 19.1 Å². The first-order chi connectivity index (χ1) is 17.9. The van der Waals surface area contributed by atoms with E-state index in [1.165, 1.54) is 9.63 Å². The lowest BCUT2D eigenvalue weighted by molar-refractivity contribution is -0.126. The first kappa shape index (κ1) is 23.9. The summed E-state index contributed by atoms with van der Waals surface area (Å²) < 4.78 is 1.40. The molecule has 186 valence electrons. The largest absolute Gasteiger partial charge is 0.313 e. The lowest BCUT2D eigenvalue weighted by Gasteiger charge is -2.28. The van der Waals surface area contributed by atoms with Gasteiger partial charge in [0.15, 0.2) is 6.10 Å². The second-order valence-electron chi connectivity index (χ2n) is 8.75. The van der Waals surface area contributed by atoms with E-state index in [4.69, 9.17) is 28.0 Å². The summed E-state index contributed by atoms with van der Waals surface area (Å²) in [4.78, 5) is 48.1. The van der Waals surface area contributed by atoms with Gasteiger partial charge >= 0.3 is 4.87 Å². The molecule has 10 heteroatoms. The van der Waals surface area contributed by atoms with E-state index in [1.807, 2.05) is 48.5 Å². The van der Waals surface area contributed by atoms with Crippen LogP contribution in [0.1, 0.15) is 16.5 Å². The van der Waals surface area contributed by atoms with Gasteiger partial charge in [0.2, 0.25) is 5.91 Å². The molecule has 2 amide bonds. The minimum atomic E-state index is -1.09. The second kappa shape index (κ2) is 9.15. The molecule has 3 heterocycles. The molecule has 0 aliphatic carbocycles. The summed E-state index contributed by atoms with van der Waals surface area (Å²) in [5, 5.41) is 2.15. The summed E-state index contributed by atoms with van der Waals surface area (Å²) in [6.07, 6.45) is -1.09. The van der Waals surface area contributed by atoms with Gasteiger partial charge in [0, 0.05) is 5.02 Å². The molecule has 2 saturated heterocycles. The highest BCUT2D eigenvalue weighted by Crippen LogP contribution is 2.50. The summed E-state index contributed by atoms with van der Waals surface area (Å²) in [6, 6.07) is 22.4. The van der Waals surface area contributed by atoms with Crippen molar-refractivity contribution in [3.63, 3.8) is 0 Å². The van der Waals surface area contributed by atoms with Crippen LogP contribution >= 0.6 is 34.5 Å². The van der Waals surface area contributed by atoms with Gasteiger partial charge in [-0.25, -0.2) is 9.96 Å². The molecule has 0 spiro atoms. The van der Waals surface area contributed by atoms with E-state index in [9.17, 15) is 14.4 Å². The molecule has 0 unspecified atom stereocenters. The molecule has 7 nitrogen and oxygen atoms in total. The maximum Gasteiger partial charge on any atom is 0.313 e. The Morgan fingerprint density at radius 1 is 0.811 bits per heavy atom. The molecule has 0 N–H and O–H groups in total. The smallest absolute Gasteiger partial charge is 0.273 e. The lowest BCUT2D eigenvalue weighted by atomic mass is 9.95. The molecule has 2 aliphatic heterocycles. The minimum absolute atomic E-state index is 0.175. The third kappa shape index (κ3) is 3.71. The number of amides is 2. The highest BCUT2D eigenvalue weighted by Gasteiger charge is 2.61. The second-order valence-corrected chi connectivity index (χ2v) is 10.5. The van der Waals surface area contributed by atoms with Gasteiger partial charge in [-0.1, -0.05) is 77.0 Å². The number of hydrogen-bond acceptors (Lipinski definition) is 6. The van der Waals surface area contributed by atoms with Crippen LogP contribution in [0.2, 0.25) is 10.2 Å². The molecule has 0 bridgehead atoms. The van der Waals surface area contributed by atoms with E-state index in [2.05, 4.69) is 0 Å². The number of nitrogens with zero attached hydrogens (tertiary/aromatic N) is 3. The maximum absolute atomic E-state index is 13.9. The summed E-state index contributed by atoms with van der Waals surface area (Å²) >= 11 is 14.1. The Kier molecular flexibility index (Phi) is 5.92. The van der Waals surface area contributed by atoms with E-state index in [1.54, 1.807) is 37.3 Å². The zero-order chi connectivity index (χ0) is 25.8.